The van der Waals surface area contributed by atoms with Gasteiger partial charge in [0.15, 0.2) is 0 Å². The Bertz CT molecular complexity index is 898. The van der Waals surface area contributed by atoms with Crippen molar-refractivity contribution in [1.82, 2.24) is 4.90 Å². The largest absolute Gasteiger partial charge is 0.497 e. The number of hydrogen-bond acceptors (Lipinski definition) is 4. The zero-order chi connectivity index (χ0) is 20.8. The van der Waals surface area contributed by atoms with Crippen molar-refractivity contribution in [3.63, 3.8) is 0 Å². The van der Waals surface area contributed by atoms with Crippen LogP contribution in [-0.4, -0.2) is 50.6 Å². The van der Waals surface area contributed by atoms with E-state index in [-0.39, 0.29) is 5.91 Å². The van der Waals surface area contributed by atoms with Crippen LogP contribution in [0.2, 0.25) is 0 Å². The predicted octanol–water partition coefficient (Wildman–Crippen LogP) is 4.18. The monoisotopic (exact) mass is 401 g/mol. The molecule has 1 amide bonds. The Morgan fingerprint density at radius 2 is 1.33 bits per heavy atom. The minimum atomic E-state index is 0.0882. The normalized spacial score (nSPS) is 14.4. The molecule has 0 unspecified atom stereocenters. The van der Waals surface area contributed by atoms with E-state index in [9.17, 15) is 4.79 Å². The summed E-state index contributed by atoms with van der Waals surface area (Å²) in [5, 5.41) is 0. The standard InChI is InChI=1S/C25H27N3O2/c1-30-24-14-12-21(13-15-24)27-18-16-26(17-19-27)20-25(29)28(22-8-4-2-5-9-22)23-10-6-3-7-11-23/h2-15H,16-20H2,1H3. The van der Waals surface area contributed by atoms with Crippen LogP contribution < -0.4 is 14.5 Å². The third-order valence-corrected chi connectivity index (χ3v) is 5.45. The van der Waals surface area contributed by atoms with Gasteiger partial charge in [-0.05, 0) is 48.5 Å². The lowest BCUT2D eigenvalue weighted by molar-refractivity contribution is -0.119. The van der Waals surface area contributed by atoms with Gasteiger partial charge in [0, 0.05) is 43.2 Å². The van der Waals surface area contributed by atoms with E-state index in [2.05, 4.69) is 21.9 Å². The third kappa shape index (κ3) is 4.63. The molecule has 0 aliphatic carbocycles. The molecule has 154 valence electrons. The second-order valence-corrected chi connectivity index (χ2v) is 7.36. The number of rotatable bonds is 6. The van der Waals surface area contributed by atoms with Crippen molar-refractivity contribution in [2.45, 2.75) is 0 Å². The first-order valence-corrected chi connectivity index (χ1v) is 10.3. The second-order valence-electron chi connectivity index (χ2n) is 7.36. The van der Waals surface area contributed by atoms with Gasteiger partial charge >= 0.3 is 0 Å². The molecule has 3 aromatic rings. The van der Waals surface area contributed by atoms with Crippen LogP contribution in [0.15, 0.2) is 84.9 Å². The highest BCUT2D eigenvalue weighted by Gasteiger charge is 2.23. The quantitative estimate of drug-likeness (QED) is 0.621. The van der Waals surface area contributed by atoms with Gasteiger partial charge in [0.05, 0.1) is 13.7 Å². The number of nitrogens with zero attached hydrogens (tertiary/aromatic N) is 3. The number of carbonyl (C=O) groups is 1. The van der Waals surface area contributed by atoms with Crippen molar-refractivity contribution >= 4 is 23.0 Å². The number of para-hydroxylation sites is 2. The molecule has 0 spiro atoms. The molecule has 30 heavy (non-hydrogen) atoms. The van der Waals surface area contributed by atoms with Crippen molar-refractivity contribution < 1.29 is 9.53 Å². The number of piperazine rings is 1. The van der Waals surface area contributed by atoms with E-state index in [1.54, 1.807) is 7.11 Å². The molecule has 1 aliphatic heterocycles. The fourth-order valence-corrected chi connectivity index (χ4v) is 3.81. The van der Waals surface area contributed by atoms with Gasteiger partial charge in [0.1, 0.15) is 5.75 Å². The highest BCUT2D eigenvalue weighted by Crippen LogP contribution is 2.26. The van der Waals surface area contributed by atoms with Crippen molar-refractivity contribution in [3.05, 3.63) is 84.9 Å². The van der Waals surface area contributed by atoms with Gasteiger partial charge in [-0.2, -0.15) is 0 Å². The summed E-state index contributed by atoms with van der Waals surface area (Å²) in [6, 6.07) is 27.9. The van der Waals surface area contributed by atoms with Crippen molar-refractivity contribution in [2.24, 2.45) is 0 Å². The van der Waals surface area contributed by atoms with Gasteiger partial charge in [-0.15, -0.1) is 0 Å². The molecule has 5 heteroatoms. The van der Waals surface area contributed by atoms with Crippen molar-refractivity contribution in [2.75, 3.05) is 49.6 Å². The fraction of sp³-hybridized carbons (Fsp3) is 0.240. The van der Waals surface area contributed by atoms with Crippen LogP contribution >= 0.6 is 0 Å². The number of methoxy groups -OCH3 is 1. The zero-order valence-corrected chi connectivity index (χ0v) is 17.3. The number of carbonyl (C=O) groups excluding carboxylic acids is 1. The van der Waals surface area contributed by atoms with Crippen molar-refractivity contribution in [3.8, 4) is 5.75 Å². The smallest absolute Gasteiger partial charge is 0.245 e. The molecule has 4 rings (SSSR count). The van der Waals surface area contributed by atoms with Crippen LogP contribution in [0, 0.1) is 0 Å². The topological polar surface area (TPSA) is 36.0 Å². The van der Waals surface area contributed by atoms with E-state index in [0.29, 0.717) is 6.54 Å². The molecule has 0 aromatic heterocycles. The third-order valence-electron chi connectivity index (χ3n) is 5.45. The lowest BCUT2D eigenvalue weighted by Gasteiger charge is -2.36. The van der Waals surface area contributed by atoms with Gasteiger partial charge in [-0.25, -0.2) is 0 Å². The molecule has 0 bridgehead atoms. The maximum absolute atomic E-state index is 13.3. The lowest BCUT2D eigenvalue weighted by Crippen LogP contribution is -2.49. The molecule has 0 N–H and O–H groups in total. The van der Waals surface area contributed by atoms with E-state index in [1.165, 1.54) is 5.69 Å². The van der Waals surface area contributed by atoms with Gasteiger partial charge in [0.25, 0.3) is 0 Å². The summed E-state index contributed by atoms with van der Waals surface area (Å²) in [5.41, 5.74) is 2.98. The number of amides is 1. The average molecular weight is 402 g/mol. The molecular weight excluding hydrogens is 374 g/mol. The molecular formula is C25H27N3O2. The van der Waals surface area contributed by atoms with Crippen LogP contribution in [0.5, 0.6) is 5.75 Å². The van der Waals surface area contributed by atoms with E-state index in [1.807, 2.05) is 77.7 Å². The summed E-state index contributed by atoms with van der Waals surface area (Å²) in [6.07, 6.45) is 0. The molecule has 3 aromatic carbocycles. The molecule has 1 aliphatic rings. The predicted molar refractivity (Wildman–Crippen MR) is 122 cm³/mol. The first-order valence-electron chi connectivity index (χ1n) is 10.3. The Kier molecular flexibility index (Phi) is 6.30. The zero-order valence-electron chi connectivity index (χ0n) is 17.3. The SMILES string of the molecule is COc1ccc(N2CCN(CC(=O)N(c3ccccc3)c3ccccc3)CC2)cc1. The second kappa shape index (κ2) is 9.46. The highest BCUT2D eigenvalue weighted by atomic mass is 16.5. The summed E-state index contributed by atoms with van der Waals surface area (Å²) in [7, 11) is 1.68. The maximum Gasteiger partial charge on any atom is 0.245 e. The minimum absolute atomic E-state index is 0.0882. The molecule has 1 fully saturated rings. The van der Waals surface area contributed by atoms with E-state index >= 15 is 0 Å². The maximum atomic E-state index is 13.3. The van der Waals surface area contributed by atoms with Crippen LogP contribution in [0.3, 0.4) is 0 Å². The molecule has 0 atom stereocenters. The summed E-state index contributed by atoms with van der Waals surface area (Å²) in [5.74, 6) is 0.954. The summed E-state index contributed by atoms with van der Waals surface area (Å²) in [6.45, 7) is 3.91. The number of anilines is 3. The Balaban J connectivity index is 1.41. The van der Waals surface area contributed by atoms with Crippen LogP contribution in [0.25, 0.3) is 0 Å². The Morgan fingerprint density at radius 3 is 1.83 bits per heavy atom. The van der Waals surface area contributed by atoms with Crippen LogP contribution in [0.4, 0.5) is 17.1 Å². The summed E-state index contributed by atoms with van der Waals surface area (Å²) in [4.78, 5) is 19.7. The van der Waals surface area contributed by atoms with Crippen molar-refractivity contribution in [1.29, 1.82) is 0 Å². The molecule has 1 saturated heterocycles. The average Bonchev–Trinajstić information content (AvgIpc) is 2.81. The first kappa shape index (κ1) is 20.0. The van der Waals surface area contributed by atoms with Gasteiger partial charge in [-0.3, -0.25) is 14.6 Å². The number of benzene rings is 3. The molecule has 0 radical (unpaired) electrons. The lowest BCUT2D eigenvalue weighted by atomic mass is 10.2. The Hall–Kier alpha value is -3.31. The van der Waals surface area contributed by atoms with Gasteiger partial charge in [-0.1, -0.05) is 36.4 Å². The van der Waals surface area contributed by atoms with Gasteiger partial charge < -0.3 is 9.64 Å². The van der Waals surface area contributed by atoms with E-state index < -0.39 is 0 Å². The van der Waals surface area contributed by atoms with Gasteiger partial charge in [0.2, 0.25) is 5.91 Å². The summed E-state index contributed by atoms with van der Waals surface area (Å²) >= 11 is 0. The first-order chi connectivity index (χ1) is 14.7. The van der Waals surface area contributed by atoms with E-state index in [4.69, 9.17) is 4.74 Å². The Morgan fingerprint density at radius 1 is 0.800 bits per heavy atom. The Labute approximate surface area is 178 Å². The van der Waals surface area contributed by atoms with Crippen LogP contribution in [-0.2, 0) is 4.79 Å². The van der Waals surface area contributed by atoms with E-state index in [0.717, 1.165) is 43.3 Å². The summed E-state index contributed by atoms with van der Waals surface area (Å²) < 4.78 is 5.24. The number of ether oxygens (including phenoxy) is 1. The highest BCUT2D eigenvalue weighted by molar-refractivity contribution is 6.01. The molecule has 5 nitrogen and oxygen atoms in total. The molecule has 0 saturated carbocycles. The number of hydrogen-bond donors (Lipinski definition) is 0. The minimum Gasteiger partial charge on any atom is -0.497 e. The van der Waals surface area contributed by atoms with Crippen LogP contribution in [0.1, 0.15) is 0 Å². The fourth-order valence-electron chi connectivity index (χ4n) is 3.81. The molecule has 1 heterocycles.